The molecule has 4 rings (SSSR count). The summed E-state index contributed by atoms with van der Waals surface area (Å²) in [5.74, 6) is -0.823. The molecule has 0 unspecified atom stereocenters. The van der Waals surface area contributed by atoms with Crippen LogP contribution in [0, 0.1) is 13.8 Å². The first-order chi connectivity index (χ1) is 17.5. The Balaban J connectivity index is 1.73. The maximum atomic E-state index is 13.3. The van der Waals surface area contributed by atoms with Gasteiger partial charge in [0.2, 0.25) is 0 Å². The normalized spacial score (nSPS) is 11.5. The number of anilines is 2. The summed E-state index contributed by atoms with van der Waals surface area (Å²) in [7, 11) is 1.49. The minimum absolute atomic E-state index is 0.131. The van der Waals surface area contributed by atoms with Gasteiger partial charge in [-0.05, 0) is 61.4 Å². The zero-order valence-electron chi connectivity index (χ0n) is 20.0. The van der Waals surface area contributed by atoms with E-state index in [0.717, 1.165) is 12.1 Å². The van der Waals surface area contributed by atoms with Gasteiger partial charge in [-0.15, -0.1) is 0 Å². The van der Waals surface area contributed by atoms with Gasteiger partial charge in [0.05, 0.1) is 16.6 Å². The summed E-state index contributed by atoms with van der Waals surface area (Å²) in [6, 6.07) is 11.0. The molecular weight excluding hydrogens is 509 g/mol. The number of nitrogens with one attached hydrogen (secondary N) is 3. The first-order valence-corrected chi connectivity index (χ1v) is 11.4. The van der Waals surface area contributed by atoms with Crippen molar-refractivity contribution in [2.45, 2.75) is 26.6 Å². The Morgan fingerprint density at radius 1 is 1.03 bits per heavy atom. The van der Waals surface area contributed by atoms with Crippen LogP contribution in [0.15, 0.2) is 48.5 Å². The molecule has 0 radical (unpaired) electrons. The van der Waals surface area contributed by atoms with E-state index in [2.05, 4.69) is 20.6 Å². The van der Waals surface area contributed by atoms with Crippen LogP contribution in [0.1, 0.15) is 43.2 Å². The van der Waals surface area contributed by atoms with E-state index in [1.54, 1.807) is 31.2 Å². The Kier molecular flexibility index (Phi) is 7.24. The summed E-state index contributed by atoms with van der Waals surface area (Å²) < 4.78 is 44.7. The average Bonchev–Trinajstić information content (AvgIpc) is 3.23. The summed E-state index contributed by atoms with van der Waals surface area (Å²) in [6.07, 6.45) is -4.60. The van der Waals surface area contributed by atoms with E-state index < -0.39 is 23.6 Å². The number of ether oxygens (including phenoxy) is 1. The third-order valence-electron chi connectivity index (χ3n) is 5.74. The van der Waals surface area contributed by atoms with E-state index in [0.29, 0.717) is 38.7 Å². The summed E-state index contributed by atoms with van der Waals surface area (Å²) in [5, 5.41) is 5.88. The number of H-pyrrole nitrogens is 1. The minimum atomic E-state index is -4.60. The van der Waals surface area contributed by atoms with Gasteiger partial charge in [-0.2, -0.15) is 13.2 Å². The van der Waals surface area contributed by atoms with Crippen molar-refractivity contribution in [3.8, 4) is 0 Å². The van der Waals surface area contributed by atoms with Crippen LogP contribution < -0.4 is 10.6 Å². The second-order valence-electron chi connectivity index (χ2n) is 8.38. The summed E-state index contributed by atoms with van der Waals surface area (Å²) >= 11 is 6.17. The molecule has 192 valence electrons. The second-order valence-corrected chi connectivity index (χ2v) is 8.79. The van der Waals surface area contributed by atoms with Gasteiger partial charge in [0.1, 0.15) is 17.9 Å². The van der Waals surface area contributed by atoms with Gasteiger partial charge < -0.3 is 20.4 Å². The standard InChI is InChI=1S/C26H22ClF3N4O3/c1-13-7-8-15(26(28,29)30)9-17(13)24(35)31-16-10-18(23-21(11-16)32-22(34-23)12-37-3)25(36)33-20-6-4-5-19(27)14(20)2/h4-11H,12H2,1-3H3,(H,31,35)(H,32,34)(H,33,36). The molecule has 1 heterocycles. The van der Waals surface area contributed by atoms with Crippen LogP contribution in [0.3, 0.4) is 0 Å². The number of aromatic nitrogens is 2. The summed E-state index contributed by atoms with van der Waals surface area (Å²) in [6.45, 7) is 3.44. The number of hydrogen-bond acceptors (Lipinski definition) is 4. The maximum Gasteiger partial charge on any atom is 0.416 e. The number of benzene rings is 3. The molecule has 11 heteroatoms. The van der Waals surface area contributed by atoms with E-state index in [1.165, 1.54) is 26.2 Å². The number of hydrogen-bond donors (Lipinski definition) is 3. The number of nitrogens with zero attached hydrogens (tertiary/aromatic N) is 1. The number of aromatic amines is 1. The van der Waals surface area contributed by atoms with Crippen LogP contribution in [0.5, 0.6) is 0 Å². The predicted octanol–water partition coefficient (Wildman–Crippen LogP) is 6.50. The molecule has 0 spiro atoms. The lowest BCUT2D eigenvalue weighted by atomic mass is 10.0. The van der Waals surface area contributed by atoms with Crippen molar-refractivity contribution >= 4 is 45.8 Å². The number of methoxy groups -OCH3 is 1. The number of halogens is 4. The van der Waals surface area contributed by atoms with Crippen LogP contribution >= 0.6 is 11.6 Å². The molecule has 0 atom stereocenters. The predicted molar refractivity (Wildman–Crippen MR) is 135 cm³/mol. The third kappa shape index (κ3) is 5.60. The molecule has 0 aliphatic heterocycles. The number of aryl methyl sites for hydroxylation is 1. The Morgan fingerprint density at radius 3 is 2.46 bits per heavy atom. The molecule has 0 fully saturated rings. The molecule has 0 bridgehead atoms. The fourth-order valence-electron chi connectivity index (χ4n) is 3.79. The van der Waals surface area contributed by atoms with Gasteiger partial charge >= 0.3 is 6.18 Å². The number of fused-ring (bicyclic) bond motifs is 1. The van der Waals surface area contributed by atoms with Crippen molar-refractivity contribution in [1.82, 2.24) is 9.97 Å². The third-order valence-corrected chi connectivity index (χ3v) is 6.15. The lowest BCUT2D eigenvalue weighted by Gasteiger charge is -2.13. The summed E-state index contributed by atoms with van der Waals surface area (Å²) in [5.41, 5.74) is 1.53. The number of imidazole rings is 1. The lowest BCUT2D eigenvalue weighted by molar-refractivity contribution is -0.137. The van der Waals surface area contributed by atoms with Crippen molar-refractivity contribution in [1.29, 1.82) is 0 Å². The van der Waals surface area contributed by atoms with Gasteiger partial charge in [0, 0.05) is 29.1 Å². The van der Waals surface area contributed by atoms with Gasteiger partial charge in [-0.1, -0.05) is 23.7 Å². The average molecular weight is 531 g/mol. The van der Waals surface area contributed by atoms with Gasteiger partial charge in [0.25, 0.3) is 11.8 Å². The van der Waals surface area contributed by atoms with E-state index in [-0.39, 0.29) is 23.4 Å². The van der Waals surface area contributed by atoms with Crippen LogP contribution in [0.2, 0.25) is 5.02 Å². The fraction of sp³-hybridized carbons (Fsp3) is 0.192. The van der Waals surface area contributed by atoms with Crippen molar-refractivity contribution < 1.29 is 27.5 Å². The van der Waals surface area contributed by atoms with E-state index >= 15 is 0 Å². The quantitative estimate of drug-likeness (QED) is 0.265. The Labute approximate surface area is 215 Å². The monoisotopic (exact) mass is 530 g/mol. The number of alkyl halides is 3. The van der Waals surface area contributed by atoms with E-state index in [1.807, 2.05) is 0 Å². The molecule has 0 aliphatic rings. The zero-order valence-corrected chi connectivity index (χ0v) is 20.8. The minimum Gasteiger partial charge on any atom is -0.377 e. The molecular formula is C26H22ClF3N4O3. The Morgan fingerprint density at radius 2 is 1.76 bits per heavy atom. The fourth-order valence-corrected chi connectivity index (χ4v) is 3.97. The molecule has 3 aromatic carbocycles. The van der Waals surface area contributed by atoms with E-state index in [9.17, 15) is 22.8 Å². The highest BCUT2D eigenvalue weighted by Gasteiger charge is 2.31. The smallest absolute Gasteiger partial charge is 0.377 e. The first kappa shape index (κ1) is 26.2. The lowest BCUT2D eigenvalue weighted by Crippen LogP contribution is -2.17. The topological polar surface area (TPSA) is 96.1 Å². The Bertz CT molecular complexity index is 1520. The van der Waals surface area contributed by atoms with Crippen molar-refractivity contribution in [3.63, 3.8) is 0 Å². The van der Waals surface area contributed by atoms with Gasteiger partial charge in [0.15, 0.2) is 0 Å². The van der Waals surface area contributed by atoms with Crippen LogP contribution in [0.25, 0.3) is 11.0 Å². The number of amides is 2. The molecule has 0 aliphatic carbocycles. The molecule has 0 saturated carbocycles. The summed E-state index contributed by atoms with van der Waals surface area (Å²) in [4.78, 5) is 33.7. The SMILES string of the molecule is COCc1nc2c(C(=O)Nc3cccc(Cl)c3C)cc(NC(=O)c3cc(C(F)(F)F)ccc3C)cc2[nH]1. The molecule has 7 nitrogen and oxygen atoms in total. The van der Waals surface area contributed by atoms with Crippen molar-refractivity contribution in [3.05, 3.63) is 87.2 Å². The van der Waals surface area contributed by atoms with Crippen molar-refractivity contribution in [2.75, 3.05) is 17.7 Å². The van der Waals surface area contributed by atoms with E-state index in [4.69, 9.17) is 16.3 Å². The molecule has 0 saturated heterocycles. The molecule has 2 amide bonds. The van der Waals surface area contributed by atoms with Gasteiger partial charge in [-0.3, -0.25) is 9.59 Å². The van der Waals surface area contributed by atoms with Crippen LogP contribution in [0.4, 0.5) is 24.5 Å². The number of carbonyl (C=O) groups is 2. The molecule has 1 aromatic heterocycles. The second kappa shape index (κ2) is 10.2. The van der Waals surface area contributed by atoms with Crippen LogP contribution in [-0.2, 0) is 17.5 Å². The highest BCUT2D eigenvalue weighted by molar-refractivity contribution is 6.31. The zero-order chi connectivity index (χ0) is 26.9. The maximum absolute atomic E-state index is 13.3. The highest BCUT2D eigenvalue weighted by atomic mass is 35.5. The largest absolute Gasteiger partial charge is 0.416 e. The van der Waals surface area contributed by atoms with Crippen LogP contribution in [-0.4, -0.2) is 28.9 Å². The number of carbonyl (C=O) groups excluding carboxylic acids is 2. The number of rotatable bonds is 6. The highest BCUT2D eigenvalue weighted by Crippen LogP contribution is 2.31. The molecule has 4 aromatic rings. The molecule has 3 N–H and O–H groups in total. The molecule has 37 heavy (non-hydrogen) atoms. The van der Waals surface area contributed by atoms with Gasteiger partial charge in [-0.25, -0.2) is 4.98 Å². The Hall–Kier alpha value is -3.89. The van der Waals surface area contributed by atoms with Crippen molar-refractivity contribution in [2.24, 2.45) is 0 Å². The first-order valence-electron chi connectivity index (χ1n) is 11.0.